The third kappa shape index (κ3) is 5.32. The number of carbonyl (C=O) groups is 1. The van der Waals surface area contributed by atoms with E-state index in [2.05, 4.69) is 10.6 Å². The Hall–Kier alpha value is -1.63. The van der Waals surface area contributed by atoms with Crippen molar-refractivity contribution < 1.29 is 13.6 Å². The predicted molar refractivity (Wildman–Crippen MR) is 136 cm³/mol. The van der Waals surface area contributed by atoms with Gasteiger partial charge in [-0.2, -0.15) is 0 Å². The number of hydrogen-bond donors (Lipinski definition) is 3. The molecule has 5 aliphatic rings. The molecule has 2 heterocycles. The molecule has 6 unspecified atom stereocenters. The maximum Gasteiger partial charge on any atom is 0.293 e. The summed E-state index contributed by atoms with van der Waals surface area (Å²) < 4.78 is 21.0. The Labute approximate surface area is 214 Å². The molecule has 1 saturated heterocycles. The minimum absolute atomic E-state index is 0.0453. The van der Waals surface area contributed by atoms with Gasteiger partial charge in [0.1, 0.15) is 12.4 Å². The molecule has 36 heavy (non-hydrogen) atoms. The van der Waals surface area contributed by atoms with Gasteiger partial charge in [-0.25, -0.2) is 4.39 Å². The lowest BCUT2D eigenvalue weighted by Crippen LogP contribution is -2.49. The normalized spacial score (nSPS) is 39.9. The van der Waals surface area contributed by atoms with Crippen LogP contribution in [-0.4, -0.2) is 35.3 Å². The van der Waals surface area contributed by atoms with Gasteiger partial charge in [-0.15, -0.1) is 0 Å². The summed E-state index contributed by atoms with van der Waals surface area (Å²) in [6.07, 6.45) is 16.6. The van der Waals surface area contributed by atoms with Crippen molar-refractivity contribution in [3.63, 3.8) is 0 Å². The van der Waals surface area contributed by atoms with E-state index in [1.807, 2.05) is 10.8 Å². The average molecular weight is 501 g/mol. The maximum absolute atomic E-state index is 13.9. The lowest BCUT2D eigenvalue weighted by Gasteiger charge is -2.45. The molecule has 7 heteroatoms. The fourth-order valence-corrected chi connectivity index (χ4v) is 8.71. The molecule has 6 nitrogen and oxygen atoms in total. The molecule has 200 valence electrons. The van der Waals surface area contributed by atoms with Gasteiger partial charge in [0.05, 0.1) is 0 Å². The second-order valence-electron chi connectivity index (χ2n) is 12.9. The first-order valence-electron chi connectivity index (χ1n) is 14.9. The Bertz CT molecular complexity index is 949. The maximum atomic E-state index is 13.9. The lowest BCUT2D eigenvalue weighted by atomic mass is 9.64. The Morgan fingerprint density at radius 3 is 2.56 bits per heavy atom. The summed E-state index contributed by atoms with van der Waals surface area (Å²) in [4.78, 5) is 13.9. The van der Waals surface area contributed by atoms with E-state index in [1.54, 1.807) is 6.26 Å². The number of nitrogens with zero attached hydrogens (tertiary/aromatic N) is 1. The molecular formula is C29H45FN4O2. The second-order valence-corrected chi connectivity index (χ2v) is 12.9. The first kappa shape index (κ1) is 24.7. The van der Waals surface area contributed by atoms with Crippen LogP contribution in [0.4, 0.5) is 4.39 Å². The summed E-state index contributed by atoms with van der Waals surface area (Å²) in [6, 6.07) is 0.911. The van der Waals surface area contributed by atoms with Crippen molar-refractivity contribution >= 4 is 5.91 Å². The van der Waals surface area contributed by atoms with Crippen molar-refractivity contribution in [1.82, 2.24) is 15.2 Å². The van der Waals surface area contributed by atoms with Gasteiger partial charge in [0.25, 0.3) is 5.68 Å². The van der Waals surface area contributed by atoms with Crippen LogP contribution in [0.3, 0.4) is 0 Å². The molecule has 7 atom stereocenters. The Morgan fingerprint density at radius 2 is 1.83 bits per heavy atom. The lowest BCUT2D eigenvalue weighted by molar-refractivity contribution is -0.129. The van der Waals surface area contributed by atoms with Gasteiger partial charge in [0.15, 0.2) is 0 Å². The number of amides is 1. The fraction of sp³-hybridized carbons (Fsp3) is 0.862. The molecular weight excluding hydrogens is 455 g/mol. The van der Waals surface area contributed by atoms with Crippen molar-refractivity contribution in [2.24, 2.45) is 41.4 Å². The van der Waals surface area contributed by atoms with Crippen LogP contribution in [0.25, 0.3) is 0 Å². The van der Waals surface area contributed by atoms with E-state index < -0.39 is 6.17 Å². The van der Waals surface area contributed by atoms with Crippen molar-refractivity contribution in [3.05, 3.63) is 18.1 Å². The Kier molecular flexibility index (Phi) is 7.29. The number of aromatic nitrogens is 1. The molecule has 1 aromatic heterocycles. The summed E-state index contributed by atoms with van der Waals surface area (Å²) >= 11 is 0. The summed E-state index contributed by atoms with van der Waals surface area (Å²) in [5.74, 6) is 3.78. The van der Waals surface area contributed by atoms with Crippen LogP contribution in [0.2, 0.25) is 0 Å². The number of alkyl halides is 1. The van der Waals surface area contributed by atoms with E-state index in [-0.39, 0.29) is 23.6 Å². The highest BCUT2D eigenvalue weighted by molar-refractivity contribution is 5.79. The number of oxazole rings is 1. The molecule has 0 aromatic carbocycles. The van der Waals surface area contributed by atoms with Gasteiger partial charge < -0.3 is 15.1 Å². The summed E-state index contributed by atoms with van der Waals surface area (Å²) in [5, 5.41) is 15.4. The summed E-state index contributed by atoms with van der Waals surface area (Å²) in [7, 11) is 0. The molecule has 1 amide bonds. The number of fused-ring (bicyclic) bond motifs is 1. The summed E-state index contributed by atoms with van der Waals surface area (Å²) in [6.45, 7) is 1.87. The van der Waals surface area contributed by atoms with E-state index in [0.29, 0.717) is 48.5 Å². The van der Waals surface area contributed by atoms with Crippen LogP contribution in [-0.2, 0) is 11.3 Å². The van der Waals surface area contributed by atoms with E-state index in [4.69, 9.17) is 9.83 Å². The topological polar surface area (TPSA) is 83.0 Å². The van der Waals surface area contributed by atoms with E-state index in [9.17, 15) is 9.18 Å². The van der Waals surface area contributed by atoms with Crippen molar-refractivity contribution in [3.8, 4) is 0 Å². The molecule has 3 N–H and O–H groups in total. The standard InChI is InChI=1S/C29H45FN4O2/c30-23-8-6-20(7-9-23)27(19-4-5-19)33-28(35)22-15-18(17-34-12-13-36-29(34)31)14-21(16-22)24-10-11-32-26-3-1-2-25(24)26/h12-13,18-27,31-32H,1-11,14-17H2,(H,33,35)/t18?,20?,21?,22?,23?,24?,25?,26?,27-/m0/s1. The molecule has 0 spiro atoms. The third-order valence-electron chi connectivity index (χ3n) is 10.6. The zero-order valence-corrected chi connectivity index (χ0v) is 21.7. The highest BCUT2D eigenvalue weighted by Gasteiger charge is 2.45. The first-order chi connectivity index (χ1) is 17.5. The zero-order chi connectivity index (χ0) is 24.6. The van der Waals surface area contributed by atoms with Crippen molar-refractivity contribution in [1.29, 1.82) is 5.41 Å². The minimum atomic E-state index is -0.650. The number of hydrogen-bond acceptors (Lipinski definition) is 4. The van der Waals surface area contributed by atoms with Crippen LogP contribution in [0.1, 0.15) is 83.5 Å². The monoisotopic (exact) mass is 500 g/mol. The van der Waals surface area contributed by atoms with Crippen LogP contribution in [0, 0.1) is 46.8 Å². The van der Waals surface area contributed by atoms with E-state index in [0.717, 1.165) is 51.1 Å². The molecule has 4 aliphatic carbocycles. The van der Waals surface area contributed by atoms with Gasteiger partial charge in [0.2, 0.25) is 5.91 Å². The highest BCUT2D eigenvalue weighted by atomic mass is 19.1. The molecule has 1 aliphatic heterocycles. The minimum Gasteiger partial charge on any atom is -0.432 e. The number of halogens is 1. The van der Waals surface area contributed by atoms with Gasteiger partial charge in [0, 0.05) is 30.7 Å². The predicted octanol–water partition coefficient (Wildman–Crippen LogP) is 4.79. The van der Waals surface area contributed by atoms with Crippen LogP contribution < -0.4 is 16.3 Å². The first-order valence-corrected chi connectivity index (χ1v) is 14.9. The quantitative estimate of drug-likeness (QED) is 0.503. The van der Waals surface area contributed by atoms with Gasteiger partial charge >= 0.3 is 0 Å². The second kappa shape index (κ2) is 10.6. The smallest absolute Gasteiger partial charge is 0.293 e. The highest BCUT2D eigenvalue weighted by Crippen LogP contribution is 2.48. The number of carbonyl (C=O) groups excluding carboxylic acids is 1. The molecule has 0 bridgehead atoms. The Morgan fingerprint density at radius 1 is 1.06 bits per heavy atom. The molecule has 6 rings (SSSR count). The Balaban J connectivity index is 1.18. The third-order valence-corrected chi connectivity index (χ3v) is 10.6. The van der Waals surface area contributed by atoms with Gasteiger partial charge in [-0.1, -0.05) is 6.42 Å². The summed E-state index contributed by atoms with van der Waals surface area (Å²) in [5.41, 5.74) is 0.202. The van der Waals surface area contributed by atoms with Crippen LogP contribution >= 0.6 is 0 Å². The number of nitrogens with one attached hydrogen (secondary N) is 3. The average Bonchev–Trinajstić information content (AvgIpc) is 3.48. The molecule has 1 aromatic rings. The van der Waals surface area contributed by atoms with E-state index >= 15 is 0 Å². The van der Waals surface area contributed by atoms with E-state index in [1.165, 1.54) is 38.5 Å². The SMILES string of the molecule is N=c1occn1CC1CC(C(=O)N[C@H](C2CCC(F)CC2)C2CC2)CC(C2CCNC3CCCC32)C1. The number of piperidine rings is 1. The van der Waals surface area contributed by atoms with Gasteiger partial charge in [-0.05, 0) is 119 Å². The zero-order valence-electron chi connectivity index (χ0n) is 21.7. The van der Waals surface area contributed by atoms with Crippen LogP contribution in [0.5, 0.6) is 0 Å². The van der Waals surface area contributed by atoms with Crippen LogP contribution in [0.15, 0.2) is 16.9 Å². The van der Waals surface area contributed by atoms with Crippen molar-refractivity contribution in [2.45, 2.75) is 108 Å². The molecule has 0 radical (unpaired) electrons. The largest absolute Gasteiger partial charge is 0.432 e. The fourth-order valence-electron chi connectivity index (χ4n) is 8.71. The molecule has 4 saturated carbocycles. The number of rotatable bonds is 7. The molecule has 5 fully saturated rings. The van der Waals surface area contributed by atoms with Gasteiger partial charge in [-0.3, -0.25) is 14.8 Å². The van der Waals surface area contributed by atoms with Crippen molar-refractivity contribution in [2.75, 3.05) is 6.54 Å².